The van der Waals surface area contributed by atoms with Crippen LogP contribution < -0.4 is 15.9 Å². The van der Waals surface area contributed by atoms with E-state index in [0.29, 0.717) is 78.1 Å². The van der Waals surface area contributed by atoms with Gasteiger partial charge in [0.15, 0.2) is 34.8 Å². The van der Waals surface area contributed by atoms with Gasteiger partial charge in [-0.3, -0.25) is 43.2 Å². The minimum atomic E-state index is -1.98. The van der Waals surface area contributed by atoms with Crippen LogP contribution in [0.4, 0.5) is 0 Å². The predicted octanol–water partition coefficient (Wildman–Crippen LogP) is 9.67. The monoisotopic (exact) mass is 1260 g/mol. The van der Waals surface area contributed by atoms with Crippen LogP contribution in [0.25, 0.3) is 0 Å². The van der Waals surface area contributed by atoms with Crippen molar-refractivity contribution in [1.29, 1.82) is 0 Å². The summed E-state index contributed by atoms with van der Waals surface area (Å²) >= 11 is 0. The van der Waals surface area contributed by atoms with Crippen molar-refractivity contribution in [2.45, 2.75) is 128 Å². The van der Waals surface area contributed by atoms with Crippen LogP contribution in [0.15, 0.2) is 134 Å². The largest absolute Gasteiger partial charge is 0.348 e. The van der Waals surface area contributed by atoms with Crippen LogP contribution in [-0.4, -0.2) is 122 Å². The summed E-state index contributed by atoms with van der Waals surface area (Å²) in [7, 11) is 10.6. The van der Waals surface area contributed by atoms with Gasteiger partial charge in [-0.05, 0) is 125 Å². The number of carbonyl (C=O) groups excluding carboxylic acids is 9. The Bertz CT molecular complexity index is 3810. The molecule has 0 radical (unpaired) electrons. The van der Waals surface area contributed by atoms with E-state index in [1.54, 1.807) is 101 Å². The van der Waals surface area contributed by atoms with Crippen LogP contribution >= 0.6 is 7.26 Å². The van der Waals surface area contributed by atoms with Crippen LogP contribution in [0, 0.1) is 0 Å². The van der Waals surface area contributed by atoms with Gasteiger partial charge in [-0.2, -0.15) is 0 Å². The van der Waals surface area contributed by atoms with Crippen LogP contribution in [0.1, 0.15) is 177 Å². The first kappa shape index (κ1) is 69.2. The van der Waals surface area contributed by atoms with Gasteiger partial charge in [-0.25, -0.2) is 15.0 Å². The summed E-state index contributed by atoms with van der Waals surface area (Å²) < 4.78 is 8.09. The molecule has 8 rings (SSSR count). The molecule has 5 heterocycles. The fraction of sp³-hybridized carbons (Fsp3) is 0.397. The summed E-state index contributed by atoms with van der Waals surface area (Å²) in [6, 6.07) is 35.6. The van der Waals surface area contributed by atoms with Crippen molar-refractivity contribution in [2.24, 2.45) is 35.2 Å². The lowest BCUT2D eigenvalue weighted by molar-refractivity contribution is -0.121. The molecule has 0 fully saturated rings. The number of ketones is 9. The summed E-state index contributed by atoms with van der Waals surface area (Å²) in [5.41, 5.74) is 3.45. The van der Waals surface area contributed by atoms with Crippen LogP contribution in [0.2, 0.25) is 0 Å². The maximum Gasteiger partial charge on any atom is 0.204 e. The summed E-state index contributed by atoms with van der Waals surface area (Å²) in [6.45, 7) is 0.938. The van der Waals surface area contributed by atoms with Crippen molar-refractivity contribution in [3.8, 4) is 0 Å². The number of hydrogen-bond acceptors (Lipinski definition) is 13. The molecule has 19 heteroatoms. The highest BCUT2D eigenvalue weighted by Gasteiger charge is 2.44. The van der Waals surface area contributed by atoms with Gasteiger partial charge < -0.3 is 27.7 Å². The number of nitrogens with zero attached hydrogens (tertiary/aromatic N) is 9. The SMILES string of the molecule is CN(C)CCCCC(=O)CCCC(=O)c1cc(CC(=O)c2cc(CC(=O)CCCC(=O)c3nc(CC(=O)c4nc(CC(=O)c5nc(CC(=O)CCCC(=O)CCCC[P+](c6ccccc6)(c6ccccc6)c6ccccc6)cn5C)cn4C)cn3C)cn2C)cn1C. The minimum absolute atomic E-state index is 0.0289. The molecule has 92 heavy (non-hydrogen) atoms. The van der Waals surface area contributed by atoms with Gasteiger partial charge in [0, 0.05) is 130 Å². The number of carbonyl (C=O) groups is 9. The number of aromatic nitrogens is 8. The molecule has 0 aliphatic carbocycles. The lowest BCUT2D eigenvalue weighted by Gasteiger charge is -2.27. The molecule has 8 aromatic rings. The zero-order valence-electron chi connectivity index (χ0n) is 54.4. The van der Waals surface area contributed by atoms with Gasteiger partial charge in [0.1, 0.15) is 46.3 Å². The molecule has 0 aliphatic heterocycles. The highest BCUT2D eigenvalue weighted by Crippen LogP contribution is 2.56. The van der Waals surface area contributed by atoms with Gasteiger partial charge in [0.2, 0.25) is 11.6 Å². The third-order valence-electron chi connectivity index (χ3n) is 16.8. The number of Topliss-reactive ketones (excluding diaryl/α,β-unsaturated/α-hetero) is 9. The van der Waals surface area contributed by atoms with Gasteiger partial charge in [-0.1, -0.05) is 54.6 Å². The van der Waals surface area contributed by atoms with E-state index in [-0.39, 0.29) is 134 Å². The lowest BCUT2D eigenvalue weighted by Crippen LogP contribution is -2.33. The third kappa shape index (κ3) is 18.9. The number of benzene rings is 3. The highest BCUT2D eigenvalue weighted by atomic mass is 31.2. The fourth-order valence-corrected chi connectivity index (χ4v) is 16.6. The van der Waals surface area contributed by atoms with E-state index in [9.17, 15) is 43.2 Å². The van der Waals surface area contributed by atoms with Crippen molar-refractivity contribution in [1.82, 2.24) is 42.7 Å². The summed E-state index contributed by atoms with van der Waals surface area (Å²) in [6.07, 6.45) is 16.2. The van der Waals surface area contributed by atoms with Crippen molar-refractivity contribution >= 4 is 75.2 Å². The lowest BCUT2D eigenvalue weighted by atomic mass is 10.0. The Hall–Kier alpha value is -8.73. The summed E-state index contributed by atoms with van der Waals surface area (Å²) in [4.78, 5) is 134. The first-order valence-corrected chi connectivity index (χ1v) is 33.9. The molecular weight excluding hydrogens is 1180 g/mol. The van der Waals surface area contributed by atoms with E-state index >= 15 is 0 Å². The maximum absolute atomic E-state index is 13.6. The zero-order valence-corrected chi connectivity index (χ0v) is 55.3. The Morgan fingerprint density at radius 2 is 0.728 bits per heavy atom. The highest BCUT2D eigenvalue weighted by molar-refractivity contribution is 7.95. The Balaban J connectivity index is 0.732. The van der Waals surface area contributed by atoms with E-state index in [0.717, 1.165) is 38.4 Å². The quantitative estimate of drug-likeness (QED) is 0.0199. The first-order valence-electron chi connectivity index (χ1n) is 32.0. The van der Waals surface area contributed by atoms with Gasteiger partial charge in [0.05, 0.1) is 53.9 Å². The molecule has 0 spiro atoms. The minimum Gasteiger partial charge on any atom is -0.348 e. The van der Waals surface area contributed by atoms with Crippen molar-refractivity contribution in [2.75, 3.05) is 26.8 Å². The number of unbranched alkanes of at least 4 members (excludes halogenated alkanes) is 2. The third-order valence-corrected chi connectivity index (χ3v) is 21.3. The molecule has 5 aromatic heterocycles. The second-order valence-electron chi connectivity index (χ2n) is 24.7. The van der Waals surface area contributed by atoms with Crippen LogP contribution in [-0.2, 0) is 86.5 Å². The molecule has 3 aromatic carbocycles. The van der Waals surface area contributed by atoms with Crippen LogP contribution in [0.3, 0.4) is 0 Å². The maximum atomic E-state index is 13.6. The fourth-order valence-electron chi connectivity index (χ4n) is 12.2. The first-order chi connectivity index (χ1) is 44.2. The molecule has 0 amide bonds. The van der Waals surface area contributed by atoms with Crippen molar-refractivity contribution in [3.05, 3.63) is 191 Å². The normalized spacial score (nSPS) is 11.6. The van der Waals surface area contributed by atoms with E-state index in [4.69, 9.17) is 0 Å². The Kier molecular flexibility index (Phi) is 24.8. The van der Waals surface area contributed by atoms with Crippen molar-refractivity contribution in [3.63, 3.8) is 0 Å². The topological polar surface area (TPSA) is 220 Å². The second kappa shape index (κ2) is 33.0. The molecule has 0 N–H and O–H groups in total. The molecule has 0 saturated carbocycles. The average Bonchev–Trinajstić information content (AvgIpc) is 0.935. The van der Waals surface area contributed by atoms with E-state index < -0.39 is 7.26 Å². The Morgan fingerprint density at radius 1 is 0.359 bits per heavy atom. The molecular formula is C73H87N9O9P+. The van der Waals surface area contributed by atoms with Gasteiger partial charge in [0.25, 0.3) is 0 Å². The Labute approximate surface area is 540 Å². The Morgan fingerprint density at radius 3 is 1.20 bits per heavy atom. The number of hydrogen-bond donors (Lipinski definition) is 0. The number of rotatable bonds is 40. The summed E-state index contributed by atoms with van der Waals surface area (Å²) in [5, 5.41) is 3.96. The van der Waals surface area contributed by atoms with Crippen LogP contribution in [0.5, 0.6) is 0 Å². The molecule has 0 unspecified atom stereocenters. The summed E-state index contributed by atoms with van der Waals surface area (Å²) in [5.74, 6) is -0.664. The molecule has 0 bridgehead atoms. The number of aryl methyl sites for hydroxylation is 5. The second-order valence-corrected chi connectivity index (χ2v) is 28.3. The zero-order chi connectivity index (χ0) is 65.9. The van der Waals surface area contributed by atoms with E-state index in [2.05, 4.69) is 92.6 Å². The molecule has 0 atom stereocenters. The van der Waals surface area contributed by atoms with E-state index in [1.807, 2.05) is 32.3 Å². The smallest absolute Gasteiger partial charge is 0.204 e. The van der Waals surface area contributed by atoms with Gasteiger partial charge in [-0.15, -0.1) is 0 Å². The standard InChI is InChI=1S/C73H87N9O9P/c1-77(2)38-19-17-24-57(83)27-22-36-66(87)64-42-53(48-78(64)3)43-68(89)65-41-52(47-79(65)4)40-59(85)29-23-37-67(88)71-75-55(50-80(71)5)45-70(91)73-76-56(51-82(73)7)46-69(90)72-74-54(49-81(72)6)44-60(86)28-21-26-58(84)25-18-20-39-92(61-30-11-8-12-31-61,62-32-13-9-14-33-62)63-34-15-10-16-35-63/h8-16,30-35,41-42,47-51H,17-29,36-40,43-46H2,1-7H3/q+1. The molecule has 0 aliphatic rings. The number of imidazole rings is 3. The van der Waals surface area contributed by atoms with Gasteiger partial charge >= 0.3 is 0 Å². The average molecular weight is 1270 g/mol. The van der Waals surface area contributed by atoms with E-state index in [1.165, 1.54) is 15.9 Å². The molecule has 0 saturated heterocycles. The van der Waals surface area contributed by atoms with Crippen molar-refractivity contribution < 1.29 is 43.2 Å². The molecule has 482 valence electrons. The molecule has 18 nitrogen and oxygen atoms in total. The predicted molar refractivity (Wildman–Crippen MR) is 358 cm³/mol.